The Kier molecular flexibility index (Phi) is 4.04. The average molecular weight is 389 g/mol. The zero-order valence-electron chi connectivity index (χ0n) is 15.8. The summed E-state index contributed by atoms with van der Waals surface area (Å²) in [6.45, 7) is 7.20. The van der Waals surface area contributed by atoms with Crippen molar-refractivity contribution in [1.29, 1.82) is 0 Å². The highest BCUT2D eigenvalue weighted by molar-refractivity contribution is 6.30. The minimum absolute atomic E-state index is 0.107. The summed E-state index contributed by atoms with van der Waals surface area (Å²) < 4.78 is 0. The Bertz CT molecular complexity index is 1360. The Morgan fingerprint density at radius 2 is 1.47 bits per heavy atom. The molecule has 1 aliphatic rings. The van der Waals surface area contributed by atoms with Gasteiger partial charge in [-0.1, -0.05) is 72.8 Å². The van der Waals surface area contributed by atoms with Gasteiger partial charge < -0.3 is 10.1 Å². The quantitative estimate of drug-likeness (QED) is 0.448. The fraction of sp³-hybridized carbons (Fsp3) is 0. The van der Waals surface area contributed by atoms with E-state index in [1.165, 1.54) is 0 Å². The molecule has 142 valence electrons. The number of aliphatic imine (C=N–C) groups is 1. The molecule has 0 fully saturated rings. The summed E-state index contributed by atoms with van der Waals surface area (Å²) in [6, 6.07) is 24.7. The van der Waals surface area contributed by atoms with Crippen molar-refractivity contribution < 1.29 is 9.90 Å². The fourth-order valence-electron chi connectivity index (χ4n) is 3.75. The first-order valence-corrected chi connectivity index (χ1v) is 9.38. The number of amides is 1. The van der Waals surface area contributed by atoms with Crippen molar-refractivity contribution in [1.82, 2.24) is 4.98 Å². The van der Waals surface area contributed by atoms with Gasteiger partial charge in [-0.2, -0.15) is 0 Å². The van der Waals surface area contributed by atoms with Gasteiger partial charge in [-0.25, -0.2) is 9.84 Å². The van der Waals surface area contributed by atoms with Gasteiger partial charge >= 0.3 is 0 Å². The van der Waals surface area contributed by atoms with Gasteiger partial charge in [0.05, 0.1) is 29.1 Å². The number of fused-ring (bicyclic) bond motifs is 1. The van der Waals surface area contributed by atoms with Crippen LogP contribution in [-0.2, 0) is 0 Å². The summed E-state index contributed by atoms with van der Waals surface area (Å²) in [5.41, 5.74) is 5.65. The summed E-state index contributed by atoms with van der Waals surface area (Å²) >= 11 is 0. The number of aromatic amines is 1. The van der Waals surface area contributed by atoms with Crippen molar-refractivity contribution in [3.63, 3.8) is 0 Å². The maximum atomic E-state index is 12.7. The highest BCUT2D eigenvalue weighted by Gasteiger charge is 2.33. The third-order valence-electron chi connectivity index (χ3n) is 5.17. The molecular formula is C25H15N3O2. The summed E-state index contributed by atoms with van der Waals surface area (Å²) in [5, 5.41) is 10.6. The lowest BCUT2D eigenvalue weighted by Crippen LogP contribution is -1.99. The van der Waals surface area contributed by atoms with Crippen LogP contribution in [0.4, 0.5) is 5.69 Å². The summed E-state index contributed by atoms with van der Waals surface area (Å²) in [6.07, 6.45) is 0. The Balaban J connectivity index is 1.57. The lowest BCUT2D eigenvalue weighted by molar-refractivity contribution is 0.101. The molecular weight excluding hydrogens is 374 g/mol. The molecule has 0 radical (unpaired) electrons. The van der Waals surface area contributed by atoms with Crippen LogP contribution >= 0.6 is 0 Å². The van der Waals surface area contributed by atoms with E-state index in [-0.39, 0.29) is 5.88 Å². The van der Waals surface area contributed by atoms with Gasteiger partial charge in [-0.3, -0.25) is 4.79 Å². The van der Waals surface area contributed by atoms with Crippen molar-refractivity contribution in [2.24, 2.45) is 4.99 Å². The van der Waals surface area contributed by atoms with Gasteiger partial charge in [0.15, 0.2) is 11.6 Å². The van der Waals surface area contributed by atoms with Crippen LogP contribution in [0.25, 0.3) is 27.2 Å². The molecule has 0 spiro atoms. The Labute approximate surface area is 172 Å². The molecule has 30 heavy (non-hydrogen) atoms. The number of aromatic nitrogens is 1. The first-order chi connectivity index (χ1) is 14.7. The molecule has 0 atom stereocenters. The SMILES string of the molecule is [C-]#[N+]c1cccc(-c2[nH]c(O)c3c2C(=O)N=C3c2ccc(-c3ccccc3)cc2)c1. The van der Waals surface area contributed by atoms with Crippen LogP contribution in [0.3, 0.4) is 0 Å². The first kappa shape index (κ1) is 17.7. The van der Waals surface area contributed by atoms with Crippen LogP contribution < -0.4 is 0 Å². The Hall–Kier alpha value is -4.43. The third kappa shape index (κ3) is 2.79. The molecule has 5 heteroatoms. The number of hydrogen-bond acceptors (Lipinski definition) is 2. The van der Waals surface area contributed by atoms with E-state index in [0.29, 0.717) is 33.8 Å². The van der Waals surface area contributed by atoms with Gasteiger partial charge in [-0.05, 0) is 22.8 Å². The van der Waals surface area contributed by atoms with Crippen molar-refractivity contribution in [3.05, 3.63) is 107 Å². The molecule has 2 N–H and O–H groups in total. The number of aromatic hydroxyl groups is 1. The van der Waals surface area contributed by atoms with Gasteiger partial charge in [0, 0.05) is 5.56 Å². The molecule has 1 amide bonds. The molecule has 1 aromatic heterocycles. The molecule has 4 aromatic rings. The second kappa shape index (κ2) is 6.87. The molecule has 0 aliphatic carbocycles. The molecule has 0 unspecified atom stereocenters. The number of H-pyrrole nitrogens is 1. The average Bonchev–Trinajstić information content (AvgIpc) is 3.33. The molecule has 2 heterocycles. The number of hydrogen-bond donors (Lipinski definition) is 2. The minimum atomic E-state index is -0.410. The second-order valence-electron chi connectivity index (χ2n) is 6.97. The van der Waals surface area contributed by atoms with Crippen LogP contribution in [0.5, 0.6) is 5.88 Å². The summed E-state index contributed by atoms with van der Waals surface area (Å²) in [7, 11) is 0. The fourth-order valence-corrected chi connectivity index (χ4v) is 3.75. The van der Waals surface area contributed by atoms with Crippen molar-refractivity contribution in [2.75, 3.05) is 0 Å². The van der Waals surface area contributed by atoms with Gasteiger partial charge in [-0.15, -0.1) is 0 Å². The van der Waals surface area contributed by atoms with E-state index in [0.717, 1.165) is 16.7 Å². The van der Waals surface area contributed by atoms with Gasteiger partial charge in [0.25, 0.3) is 5.91 Å². The van der Waals surface area contributed by atoms with Crippen LogP contribution in [0.15, 0.2) is 83.9 Å². The van der Waals surface area contributed by atoms with E-state index in [1.54, 1.807) is 24.3 Å². The first-order valence-electron chi connectivity index (χ1n) is 9.38. The Morgan fingerprint density at radius 3 is 2.20 bits per heavy atom. The van der Waals surface area contributed by atoms with Crippen molar-refractivity contribution in [3.8, 4) is 28.3 Å². The van der Waals surface area contributed by atoms with E-state index in [2.05, 4.69) is 14.8 Å². The predicted octanol–water partition coefficient (Wildman–Crippen LogP) is 5.60. The molecule has 0 saturated carbocycles. The minimum Gasteiger partial charge on any atom is -0.494 e. The molecule has 1 aliphatic heterocycles. The number of nitrogens with one attached hydrogen (secondary N) is 1. The second-order valence-corrected chi connectivity index (χ2v) is 6.97. The number of rotatable bonds is 3. The molecule has 0 bridgehead atoms. The standard InChI is InChI=1S/C25H15N3O2/c1-26-19-9-5-8-18(14-19)23-21-20(24(29)28-23)22(27-25(21)30)17-12-10-16(11-13-17)15-6-3-2-4-7-15/h2-14,28-29H. The molecule has 5 nitrogen and oxygen atoms in total. The largest absolute Gasteiger partial charge is 0.494 e. The highest BCUT2D eigenvalue weighted by atomic mass is 16.3. The van der Waals surface area contributed by atoms with Gasteiger partial charge in [0.1, 0.15) is 0 Å². The van der Waals surface area contributed by atoms with Crippen molar-refractivity contribution in [2.45, 2.75) is 0 Å². The van der Waals surface area contributed by atoms with Crippen LogP contribution in [0.2, 0.25) is 0 Å². The van der Waals surface area contributed by atoms with Crippen LogP contribution in [0, 0.1) is 6.57 Å². The number of carbonyl (C=O) groups excluding carboxylic acids is 1. The highest BCUT2D eigenvalue weighted by Crippen LogP contribution is 2.38. The van der Waals surface area contributed by atoms with E-state index in [1.807, 2.05) is 54.6 Å². The van der Waals surface area contributed by atoms with Crippen molar-refractivity contribution >= 4 is 17.3 Å². The van der Waals surface area contributed by atoms with Crippen LogP contribution in [-0.4, -0.2) is 21.7 Å². The normalized spacial score (nSPS) is 12.4. The summed E-state index contributed by atoms with van der Waals surface area (Å²) in [5.74, 6) is -0.517. The zero-order chi connectivity index (χ0) is 20.7. The third-order valence-corrected chi connectivity index (χ3v) is 5.17. The maximum Gasteiger partial charge on any atom is 0.280 e. The summed E-state index contributed by atoms with van der Waals surface area (Å²) in [4.78, 5) is 23.3. The van der Waals surface area contributed by atoms with Crippen LogP contribution in [0.1, 0.15) is 21.5 Å². The number of nitrogens with zero attached hydrogens (tertiary/aromatic N) is 2. The predicted molar refractivity (Wildman–Crippen MR) is 116 cm³/mol. The molecule has 3 aromatic carbocycles. The van der Waals surface area contributed by atoms with E-state index < -0.39 is 5.91 Å². The number of benzene rings is 3. The number of carbonyl (C=O) groups is 1. The van der Waals surface area contributed by atoms with E-state index in [9.17, 15) is 9.90 Å². The monoisotopic (exact) mass is 389 g/mol. The topological polar surface area (TPSA) is 69.8 Å². The maximum absolute atomic E-state index is 12.7. The zero-order valence-corrected chi connectivity index (χ0v) is 15.8. The van der Waals surface area contributed by atoms with Gasteiger partial charge in [0.2, 0.25) is 0 Å². The molecule has 5 rings (SSSR count). The lowest BCUT2D eigenvalue weighted by atomic mass is 9.98. The lowest BCUT2D eigenvalue weighted by Gasteiger charge is -2.05. The Morgan fingerprint density at radius 1 is 0.800 bits per heavy atom. The van der Waals surface area contributed by atoms with E-state index >= 15 is 0 Å². The van der Waals surface area contributed by atoms with E-state index in [4.69, 9.17) is 6.57 Å². The smallest absolute Gasteiger partial charge is 0.280 e. The molecule has 0 saturated heterocycles.